The normalized spacial score (nSPS) is 17.5. The lowest BCUT2D eigenvalue weighted by molar-refractivity contribution is -0.891. The van der Waals surface area contributed by atoms with Gasteiger partial charge in [0.25, 0.3) is 0 Å². The number of hydrogen-bond donors (Lipinski definition) is 0. The van der Waals surface area contributed by atoms with Gasteiger partial charge in [-0.05, 0) is 20.4 Å². The van der Waals surface area contributed by atoms with Crippen LogP contribution in [0.4, 0.5) is 0 Å². The zero-order chi connectivity index (χ0) is 9.07. The maximum atomic E-state index is 11.5. The van der Waals surface area contributed by atoms with E-state index in [1.807, 2.05) is 13.8 Å². The molecule has 1 unspecified atom stereocenters. The summed E-state index contributed by atoms with van der Waals surface area (Å²) in [6, 6.07) is -0.0574. The Balaban J connectivity index is 3.90. The molecule has 0 aliphatic rings. The van der Waals surface area contributed by atoms with Gasteiger partial charge < -0.3 is 20.1 Å². The summed E-state index contributed by atoms with van der Waals surface area (Å²) in [6.07, 6.45) is 0. The standard InChI is InChI=1S/C7H17N2O2/c1-5-8(10)6-9(4,11)7(2)3/h7H,5-6H2,1-4H3/q-1. The van der Waals surface area contributed by atoms with E-state index in [0.29, 0.717) is 6.54 Å². The lowest BCUT2D eigenvalue weighted by Crippen LogP contribution is -2.49. The van der Waals surface area contributed by atoms with Gasteiger partial charge in [-0.15, -0.1) is 0 Å². The molecule has 0 aliphatic heterocycles. The fourth-order valence-electron chi connectivity index (χ4n) is 0.576. The highest BCUT2D eigenvalue weighted by atomic mass is 16.6. The van der Waals surface area contributed by atoms with Crippen LogP contribution in [0.25, 0.3) is 0 Å². The minimum atomic E-state index is -0.489. The summed E-state index contributed by atoms with van der Waals surface area (Å²) in [5.41, 5.74) is 0. The highest BCUT2D eigenvalue weighted by molar-refractivity contribution is 4.50. The van der Waals surface area contributed by atoms with Crippen molar-refractivity contribution in [2.45, 2.75) is 26.8 Å². The minimum Gasteiger partial charge on any atom is -0.781 e. The highest BCUT2D eigenvalue weighted by Crippen LogP contribution is 2.07. The van der Waals surface area contributed by atoms with Crippen molar-refractivity contribution < 1.29 is 4.65 Å². The predicted octanol–water partition coefficient (Wildman–Crippen LogP) is 1.12. The Hall–Kier alpha value is -0.160. The van der Waals surface area contributed by atoms with Gasteiger partial charge in [0.2, 0.25) is 0 Å². The molecule has 0 bridgehead atoms. The highest BCUT2D eigenvalue weighted by Gasteiger charge is 2.14. The Kier molecular flexibility index (Phi) is 3.96. The third-order valence-corrected chi connectivity index (χ3v) is 1.88. The fraction of sp³-hybridized carbons (Fsp3) is 1.00. The maximum absolute atomic E-state index is 11.5. The summed E-state index contributed by atoms with van der Waals surface area (Å²) in [4.78, 5) is 0. The van der Waals surface area contributed by atoms with Crippen molar-refractivity contribution in [1.29, 1.82) is 0 Å². The number of hydroxylamine groups is 5. The van der Waals surface area contributed by atoms with E-state index in [0.717, 1.165) is 5.06 Å². The largest absolute Gasteiger partial charge is 0.781 e. The molecule has 68 valence electrons. The van der Waals surface area contributed by atoms with Crippen LogP contribution in [0.2, 0.25) is 0 Å². The van der Waals surface area contributed by atoms with Gasteiger partial charge in [0, 0.05) is 0 Å². The number of quaternary nitrogens is 1. The molecule has 0 aliphatic carbocycles. The molecule has 4 heteroatoms. The number of nitrogens with zero attached hydrogens (tertiary/aromatic N) is 2. The summed E-state index contributed by atoms with van der Waals surface area (Å²) < 4.78 is -0.489. The molecular formula is C7H17N2O2-. The molecule has 0 spiro atoms. The van der Waals surface area contributed by atoms with Crippen molar-refractivity contribution in [3.8, 4) is 0 Å². The van der Waals surface area contributed by atoms with E-state index in [-0.39, 0.29) is 12.7 Å². The maximum Gasteiger partial charge on any atom is 0.123 e. The first-order chi connectivity index (χ1) is 4.90. The predicted molar refractivity (Wildman–Crippen MR) is 45.3 cm³/mol. The van der Waals surface area contributed by atoms with Crippen LogP contribution in [0.5, 0.6) is 0 Å². The van der Waals surface area contributed by atoms with E-state index in [9.17, 15) is 10.4 Å². The van der Waals surface area contributed by atoms with E-state index < -0.39 is 4.65 Å². The molecule has 0 aromatic carbocycles. The molecule has 0 aromatic heterocycles. The average Bonchev–Trinajstić information content (AvgIpc) is 1.86. The molecule has 1 atom stereocenters. The third kappa shape index (κ3) is 3.67. The van der Waals surface area contributed by atoms with Crippen molar-refractivity contribution in [1.82, 2.24) is 5.06 Å². The number of rotatable bonds is 4. The second-order valence-electron chi connectivity index (χ2n) is 3.21. The average molecular weight is 161 g/mol. The zero-order valence-electron chi connectivity index (χ0n) is 7.70. The summed E-state index contributed by atoms with van der Waals surface area (Å²) in [5.74, 6) is 0. The van der Waals surface area contributed by atoms with Crippen LogP contribution in [0.1, 0.15) is 20.8 Å². The Labute approximate surface area is 68.2 Å². The molecule has 0 saturated carbocycles. The van der Waals surface area contributed by atoms with Crippen LogP contribution in [-0.2, 0) is 0 Å². The fourth-order valence-corrected chi connectivity index (χ4v) is 0.576. The first-order valence-corrected chi connectivity index (χ1v) is 3.88. The summed E-state index contributed by atoms with van der Waals surface area (Å²) in [6.45, 7) is 5.78. The molecular weight excluding hydrogens is 144 g/mol. The smallest absolute Gasteiger partial charge is 0.123 e. The van der Waals surface area contributed by atoms with Gasteiger partial charge in [-0.3, -0.25) is 0 Å². The molecule has 0 fully saturated rings. The van der Waals surface area contributed by atoms with Crippen LogP contribution >= 0.6 is 0 Å². The van der Waals surface area contributed by atoms with E-state index in [2.05, 4.69) is 0 Å². The SMILES string of the molecule is CCN([O-])C[N+](C)([O-])C(C)C. The van der Waals surface area contributed by atoms with Crippen LogP contribution in [0.15, 0.2) is 0 Å². The molecule has 0 heterocycles. The van der Waals surface area contributed by atoms with Crippen molar-refractivity contribution in [2.24, 2.45) is 0 Å². The van der Waals surface area contributed by atoms with Crippen LogP contribution in [0, 0.1) is 10.4 Å². The third-order valence-electron chi connectivity index (χ3n) is 1.88. The van der Waals surface area contributed by atoms with E-state index >= 15 is 0 Å². The van der Waals surface area contributed by atoms with Crippen LogP contribution < -0.4 is 0 Å². The Morgan fingerprint density at radius 1 is 1.45 bits per heavy atom. The van der Waals surface area contributed by atoms with Gasteiger partial charge in [0.1, 0.15) is 6.67 Å². The monoisotopic (exact) mass is 161 g/mol. The summed E-state index contributed by atoms with van der Waals surface area (Å²) in [5, 5.41) is 23.1. The Morgan fingerprint density at radius 2 is 1.91 bits per heavy atom. The van der Waals surface area contributed by atoms with Gasteiger partial charge >= 0.3 is 0 Å². The van der Waals surface area contributed by atoms with Crippen molar-refractivity contribution >= 4 is 0 Å². The second kappa shape index (κ2) is 4.01. The quantitative estimate of drug-likeness (QED) is 0.352. The van der Waals surface area contributed by atoms with Gasteiger partial charge in [-0.1, -0.05) is 6.92 Å². The van der Waals surface area contributed by atoms with Crippen molar-refractivity contribution in [3.63, 3.8) is 0 Å². The Bertz CT molecular complexity index is 115. The van der Waals surface area contributed by atoms with E-state index in [4.69, 9.17) is 0 Å². The van der Waals surface area contributed by atoms with Crippen molar-refractivity contribution in [2.75, 3.05) is 20.3 Å². The molecule has 0 rings (SSSR count). The lowest BCUT2D eigenvalue weighted by atomic mass is 10.3. The topological polar surface area (TPSA) is 49.4 Å². The number of hydrogen-bond acceptors (Lipinski definition) is 3. The first-order valence-electron chi connectivity index (χ1n) is 3.88. The lowest BCUT2D eigenvalue weighted by Gasteiger charge is -2.47. The molecule has 0 saturated heterocycles. The van der Waals surface area contributed by atoms with Gasteiger partial charge in [-0.25, -0.2) is 0 Å². The molecule has 11 heavy (non-hydrogen) atoms. The van der Waals surface area contributed by atoms with Crippen LogP contribution in [0.3, 0.4) is 0 Å². The minimum absolute atomic E-state index is 0.0220. The molecule has 4 nitrogen and oxygen atoms in total. The molecule has 0 N–H and O–H groups in total. The van der Waals surface area contributed by atoms with Gasteiger partial charge in [0.05, 0.1) is 13.1 Å². The molecule has 0 amide bonds. The second-order valence-corrected chi connectivity index (χ2v) is 3.21. The summed E-state index contributed by atoms with van der Waals surface area (Å²) in [7, 11) is 1.52. The van der Waals surface area contributed by atoms with E-state index in [1.165, 1.54) is 7.05 Å². The Morgan fingerprint density at radius 3 is 2.18 bits per heavy atom. The van der Waals surface area contributed by atoms with Crippen LogP contribution in [-0.4, -0.2) is 36.0 Å². The summed E-state index contributed by atoms with van der Waals surface area (Å²) >= 11 is 0. The van der Waals surface area contributed by atoms with Gasteiger partial charge in [-0.2, -0.15) is 0 Å². The van der Waals surface area contributed by atoms with Crippen molar-refractivity contribution in [3.05, 3.63) is 10.4 Å². The molecule has 0 aromatic rings. The van der Waals surface area contributed by atoms with Gasteiger partial charge in [0.15, 0.2) is 0 Å². The zero-order valence-corrected chi connectivity index (χ0v) is 7.70. The molecule has 0 radical (unpaired) electrons. The van der Waals surface area contributed by atoms with E-state index in [1.54, 1.807) is 6.92 Å². The first kappa shape index (κ1) is 10.8.